The van der Waals surface area contributed by atoms with Crippen LogP contribution in [-0.2, 0) is 0 Å². The maximum absolute atomic E-state index is 12.7. The first-order valence-corrected chi connectivity index (χ1v) is 7.37. The Balaban J connectivity index is 2.11. The van der Waals surface area contributed by atoms with Gasteiger partial charge in [0, 0.05) is 24.7 Å². The minimum Gasteiger partial charge on any atom is -0.338 e. The highest BCUT2D eigenvalue weighted by atomic mass is 16.2. The van der Waals surface area contributed by atoms with Gasteiger partial charge in [0.25, 0.3) is 5.91 Å². The molecule has 1 saturated heterocycles. The summed E-state index contributed by atoms with van der Waals surface area (Å²) in [6.45, 7) is 1.91. The predicted molar refractivity (Wildman–Crippen MR) is 85.0 cm³/mol. The lowest BCUT2D eigenvalue weighted by Gasteiger charge is -2.35. The maximum Gasteiger partial charge on any atom is 0.255 e. The highest BCUT2D eigenvalue weighted by molar-refractivity contribution is 5.96. The molecule has 2 rings (SSSR count). The second-order valence-electron chi connectivity index (χ2n) is 5.54. The highest BCUT2D eigenvalue weighted by Crippen LogP contribution is 2.18. The van der Waals surface area contributed by atoms with Crippen LogP contribution in [0.15, 0.2) is 24.3 Å². The molecule has 1 heterocycles. The first-order chi connectivity index (χ1) is 10.1. The Kier molecular flexibility index (Phi) is 5.38. The minimum absolute atomic E-state index is 0.0779. The molecule has 2 N–H and O–H groups in total. The SMILES string of the molecule is CN(C)C1CCN(C(=O)c2ccccc2C#CCN)CC1. The monoisotopic (exact) mass is 285 g/mol. The van der Waals surface area contributed by atoms with Crippen molar-refractivity contribution in [3.05, 3.63) is 35.4 Å². The summed E-state index contributed by atoms with van der Waals surface area (Å²) >= 11 is 0. The highest BCUT2D eigenvalue weighted by Gasteiger charge is 2.25. The summed E-state index contributed by atoms with van der Waals surface area (Å²) in [4.78, 5) is 16.8. The standard InChI is InChI=1S/C17H23N3O/c1-19(2)15-9-12-20(13-10-15)17(21)16-8-4-3-6-14(16)7-5-11-18/h3-4,6,8,15H,9-13,18H2,1-2H3. The molecule has 1 aromatic carbocycles. The Bertz CT molecular complexity index is 549. The van der Waals surface area contributed by atoms with Crippen LogP contribution in [0.4, 0.5) is 0 Å². The normalized spacial score (nSPS) is 15.7. The van der Waals surface area contributed by atoms with Crippen LogP contribution in [0.1, 0.15) is 28.8 Å². The number of hydrogen-bond acceptors (Lipinski definition) is 3. The number of rotatable bonds is 2. The van der Waals surface area contributed by atoms with Crippen LogP contribution in [0.3, 0.4) is 0 Å². The summed E-state index contributed by atoms with van der Waals surface area (Å²) in [6.07, 6.45) is 2.05. The molecule has 0 atom stereocenters. The van der Waals surface area contributed by atoms with Crippen LogP contribution in [0.5, 0.6) is 0 Å². The van der Waals surface area contributed by atoms with E-state index in [1.54, 1.807) is 0 Å². The third-order valence-corrected chi connectivity index (χ3v) is 3.96. The van der Waals surface area contributed by atoms with Crippen molar-refractivity contribution in [2.45, 2.75) is 18.9 Å². The van der Waals surface area contributed by atoms with Gasteiger partial charge in [0.05, 0.1) is 12.1 Å². The zero-order valence-electron chi connectivity index (χ0n) is 12.8. The second kappa shape index (κ2) is 7.26. The number of nitrogens with zero attached hydrogens (tertiary/aromatic N) is 2. The van der Waals surface area contributed by atoms with Gasteiger partial charge in [-0.25, -0.2) is 0 Å². The fourth-order valence-corrected chi connectivity index (χ4v) is 2.68. The van der Waals surface area contributed by atoms with E-state index in [9.17, 15) is 4.79 Å². The van der Waals surface area contributed by atoms with Gasteiger partial charge in [0.15, 0.2) is 0 Å². The summed E-state index contributed by atoms with van der Waals surface area (Å²) in [7, 11) is 4.19. The van der Waals surface area contributed by atoms with Crippen LogP contribution in [-0.4, -0.2) is 55.5 Å². The molecule has 0 radical (unpaired) electrons. The molecular formula is C17H23N3O. The molecule has 0 saturated carbocycles. The van der Waals surface area contributed by atoms with E-state index in [0.29, 0.717) is 18.2 Å². The Morgan fingerprint density at radius 1 is 1.33 bits per heavy atom. The lowest BCUT2D eigenvalue weighted by molar-refractivity contribution is 0.0663. The number of likely N-dealkylation sites (tertiary alicyclic amines) is 1. The molecule has 0 unspecified atom stereocenters. The first-order valence-electron chi connectivity index (χ1n) is 7.37. The summed E-state index contributed by atoms with van der Waals surface area (Å²) in [5.74, 6) is 5.89. The largest absolute Gasteiger partial charge is 0.338 e. The van der Waals surface area contributed by atoms with Gasteiger partial charge in [0.2, 0.25) is 0 Å². The quantitative estimate of drug-likeness (QED) is 0.830. The van der Waals surface area contributed by atoms with Gasteiger partial charge < -0.3 is 15.5 Å². The van der Waals surface area contributed by atoms with Gasteiger partial charge in [0.1, 0.15) is 0 Å². The van der Waals surface area contributed by atoms with E-state index in [2.05, 4.69) is 30.8 Å². The van der Waals surface area contributed by atoms with E-state index < -0.39 is 0 Å². The van der Waals surface area contributed by atoms with Crippen molar-refractivity contribution in [2.24, 2.45) is 5.73 Å². The number of benzene rings is 1. The lowest BCUT2D eigenvalue weighted by atomic mass is 10.0. The van der Waals surface area contributed by atoms with E-state index in [0.717, 1.165) is 31.5 Å². The second-order valence-corrected chi connectivity index (χ2v) is 5.54. The molecule has 4 heteroatoms. The van der Waals surface area contributed by atoms with Crippen LogP contribution >= 0.6 is 0 Å². The number of piperidine rings is 1. The third-order valence-electron chi connectivity index (χ3n) is 3.96. The molecule has 1 fully saturated rings. The van der Waals surface area contributed by atoms with E-state index in [1.807, 2.05) is 29.2 Å². The van der Waals surface area contributed by atoms with Gasteiger partial charge in [-0.3, -0.25) is 4.79 Å². The van der Waals surface area contributed by atoms with Gasteiger partial charge in [-0.05, 0) is 39.1 Å². The summed E-state index contributed by atoms with van der Waals surface area (Å²) in [6, 6.07) is 8.08. The lowest BCUT2D eigenvalue weighted by Crippen LogP contribution is -2.44. The van der Waals surface area contributed by atoms with Crippen molar-refractivity contribution in [2.75, 3.05) is 33.7 Å². The van der Waals surface area contributed by atoms with Crippen LogP contribution in [0, 0.1) is 11.8 Å². The van der Waals surface area contributed by atoms with Crippen LogP contribution in [0.25, 0.3) is 0 Å². The number of carbonyl (C=O) groups excluding carboxylic acids is 1. The Hall–Kier alpha value is -1.83. The maximum atomic E-state index is 12.7. The summed E-state index contributed by atoms with van der Waals surface area (Å²) in [5.41, 5.74) is 6.86. The number of amides is 1. The fraction of sp³-hybridized carbons (Fsp3) is 0.471. The van der Waals surface area contributed by atoms with Crippen molar-refractivity contribution >= 4 is 5.91 Å². The van der Waals surface area contributed by atoms with Crippen LogP contribution < -0.4 is 5.73 Å². The Morgan fingerprint density at radius 2 is 2.00 bits per heavy atom. The summed E-state index contributed by atoms with van der Waals surface area (Å²) in [5, 5.41) is 0. The molecule has 0 bridgehead atoms. The predicted octanol–water partition coefficient (Wildman–Crippen LogP) is 1.16. The van der Waals surface area contributed by atoms with E-state index >= 15 is 0 Å². The van der Waals surface area contributed by atoms with Gasteiger partial charge >= 0.3 is 0 Å². The minimum atomic E-state index is 0.0779. The number of carbonyl (C=O) groups is 1. The first kappa shape index (κ1) is 15.6. The zero-order valence-corrected chi connectivity index (χ0v) is 12.8. The van der Waals surface area contributed by atoms with Crippen molar-refractivity contribution < 1.29 is 4.79 Å². The molecule has 0 aromatic heterocycles. The van der Waals surface area contributed by atoms with Crippen LogP contribution in [0.2, 0.25) is 0 Å². The molecular weight excluding hydrogens is 262 g/mol. The number of nitrogens with two attached hydrogens (primary N) is 1. The Morgan fingerprint density at radius 3 is 2.62 bits per heavy atom. The van der Waals surface area contributed by atoms with E-state index in [1.165, 1.54) is 0 Å². The van der Waals surface area contributed by atoms with Gasteiger partial charge in [-0.2, -0.15) is 0 Å². The molecule has 21 heavy (non-hydrogen) atoms. The molecule has 1 amide bonds. The summed E-state index contributed by atoms with van der Waals surface area (Å²) < 4.78 is 0. The Labute approximate surface area is 126 Å². The zero-order chi connectivity index (χ0) is 15.2. The van der Waals surface area contributed by atoms with Crippen molar-refractivity contribution in [1.82, 2.24) is 9.80 Å². The van der Waals surface area contributed by atoms with Crippen molar-refractivity contribution in [1.29, 1.82) is 0 Å². The van der Waals surface area contributed by atoms with Crippen molar-refractivity contribution in [3.63, 3.8) is 0 Å². The molecule has 1 aliphatic heterocycles. The van der Waals surface area contributed by atoms with E-state index in [4.69, 9.17) is 5.73 Å². The van der Waals surface area contributed by atoms with Gasteiger partial charge in [-0.1, -0.05) is 24.0 Å². The fourth-order valence-electron chi connectivity index (χ4n) is 2.68. The third kappa shape index (κ3) is 3.84. The molecule has 1 aliphatic rings. The average molecular weight is 285 g/mol. The average Bonchev–Trinajstić information content (AvgIpc) is 2.52. The molecule has 1 aromatic rings. The molecule has 0 spiro atoms. The topological polar surface area (TPSA) is 49.6 Å². The smallest absolute Gasteiger partial charge is 0.255 e. The molecule has 0 aliphatic carbocycles. The van der Waals surface area contributed by atoms with Gasteiger partial charge in [-0.15, -0.1) is 0 Å². The van der Waals surface area contributed by atoms with Crippen molar-refractivity contribution in [3.8, 4) is 11.8 Å². The van der Waals surface area contributed by atoms with E-state index in [-0.39, 0.29) is 5.91 Å². The molecule has 112 valence electrons. The molecule has 4 nitrogen and oxygen atoms in total. The number of hydrogen-bond donors (Lipinski definition) is 1.